The van der Waals surface area contributed by atoms with E-state index in [1.54, 1.807) is 0 Å². The molecule has 0 aliphatic carbocycles. The molecule has 1 N–H and O–H groups in total. The van der Waals surface area contributed by atoms with Crippen molar-refractivity contribution in [3.8, 4) is 0 Å². The minimum atomic E-state index is -0.314. The highest BCUT2D eigenvalue weighted by molar-refractivity contribution is 6.31. The number of piperazine rings is 1. The summed E-state index contributed by atoms with van der Waals surface area (Å²) in [4.78, 5) is 15.8. The fourth-order valence-electron chi connectivity index (χ4n) is 2.26. The fourth-order valence-corrected chi connectivity index (χ4v) is 2.43. The average Bonchev–Trinajstić information content (AvgIpc) is 2.43. The smallest absolute Gasteiger partial charge is 0.236 e. The van der Waals surface area contributed by atoms with Crippen LogP contribution in [-0.4, -0.2) is 55.5 Å². The number of halogens is 3. The predicted molar refractivity (Wildman–Crippen MR) is 84.4 cm³/mol. The minimum absolute atomic E-state index is 0. The van der Waals surface area contributed by atoms with E-state index in [0.29, 0.717) is 23.7 Å². The lowest BCUT2D eigenvalue weighted by atomic mass is 10.2. The van der Waals surface area contributed by atoms with Gasteiger partial charge in [0.15, 0.2) is 0 Å². The molecule has 118 valence electrons. The standard InChI is InChI=1S/C14H19ClFN3O.ClH/c1-18(9-11-8-12(16)2-3-13(11)15)10-14(20)19-6-4-17-5-7-19;/h2-3,8,17H,4-7,9-10H2,1H3;1H. The number of carbonyl (C=O) groups is 1. The van der Waals surface area contributed by atoms with Crippen LogP contribution in [0.1, 0.15) is 5.56 Å². The lowest BCUT2D eigenvalue weighted by Crippen LogP contribution is -2.49. The first-order valence-electron chi connectivity index (χ1n) is 6.67. The molecule has 0 saturated carbocycles. The molecule has 0 spiro atoms. The normalized spacial score (nSPS) is 15.0. The summed E-state index contributed by atoms with van der Waals surface area (Å²) in [6.45, 7) is 3.93. The third-order valence-electron chi connectivity index (χ3n) is 3.32. The molecule has 0 unspecified atom stereocenters. The molecule has 1 saturated heterocycles. The number of nitrogens with one attached hydrogen (secondary N) is 1. The van der Waals surface area contributed by atoms with Crippen molar-refractivity contribution in [3.63, 3.8) is 0 Å². The Balaban J connectivity index is 0.00000220. The van der Waals surface area contributed by atoms with Crippen LogP contribution in [0, 0.1) is 5.82 Å². The van der Waals surface area contributed by atoms with Gasteiger partial charge in [-0.2, -0.15) is 0 Å². The van der Waals surface area contributed by atoms with Crippen molar-refractivity contribution in [2.75, 3.05) is 39.8 Å². The summed E-state index contributed by atoms with van der Waals surface area (Å²) in [5.41, 5.74) is 0.697. The molecule has 1 aromatic carbocycles. The maximum Gasteiger partial charge on any atom is 0.236 e. The number of nitrogens with zero attached hydrogens (tertiary/aromatic N) is 2. The number of hydrogen-bond acceptors (Lipinski definition) is 3. The van der Waals surface area contributed by atoms with Crippen LogP contribution in [0.25, 0.3) is 0 Å². The molecule has 1 amide bonds. The van der Waals surface area contributed by atoms with Gasteiger partial charge in [0.05, 0.1) is 6.54 Å². The summed E-state index contributed by atoms with van der Waals surface area (Å²) < 4.78 is 13.2. The fraction of sp³-hybridized carbons (Fsp3) is 0.500. The van der Waals surface area contributed by atoms with Crippen LogP contribution in [0.3, 0.4) is 0 Å². The molecule has 1 fully saturated rings. The molecule has 7 heteroatoms. The van der Waals surface area contributed by atoms with E-state index in [-0.39, 0.29) is 24.1 Å². The number of likely N-dealkylation sites (N-methyl/N-ethyl adjacent to an activating group) is 1. The number of carbonyl (C=O) groups excluding carboxylic acids is 1. The zero-order chi connectivity index (χ0) is 14.5. The molecule has 0 radical (unpaired) electrons. The molecule has 1 aliphatic rings. The summed E-state index contributed by atoms with van der Waals surface area (Å²) in [7, 11) is 1.83. The Morgan fingerprint density at radius 3 is 2.76 bits per heavy atom. The van der Waals surface area contributed by atoms with Crippen molar-refractivity contribution in [2.45, 2.75) is 6.54 Å². The first kappa shape index (κ1) is 18.2. The monoisotopic (exact) mass is 335 g/mol. The maximum atomic E-state index is 13.2. The van der Waals surface area contributed by atoms with Crippen LogP contribution < -0.4 is 5.32 Å². The van der Waals surface area contributed by atoms with Gasteiger partial charge in [-0.3, -0.25) is 9.69 Å². The highest BCUT2D eigenvalue weighted by Crippen LogP contribution is 2.18. The van der Waals surface area contributed by atoms with E-state index in [9.17, 15) is 9.18 Å². The zero-order valence-corrected chi connectivity index (χ0v) is 13.5. The Kier molecular flexibility index (Phi) is 7.39. The molecule has 21 heavy (non-hydrogen) atoms. The van der Waals surface area contributed by atoms with Crippen LogP contribution in [0.4, 0.5) is 4.39 Å². The Hall–Kier alpha value is -0.880. The second kappa shape index (κ2) is 8.54. The Bertz CT molecular complexity index is 481. The highest BCUT2D eigenvalue weighted by Gasteiger charge is 2.18. The molecule has 0 bridgehead atoms. The summed E-state index contributed by atoms with van der Waals surface area (Å²) in [6, 6.07) is 4.28. The Morgan fingerprint density at radius 2 is 2.10 bits per heavy atom. The van der Waals surface area contributed by atoms with Crippen molar-refractivity contribution in [1.29, 1.82) is 0 Å². The molecular formula is C14H20Cl2FN3O. The third kappa shape index (κ3) is 5.43. The van der Waals surface area contributed by atoms with Gasteiger partial charge in [0, 0.05) is 37.7 Å². The van der Waals surface area contributed by atoms with Crippen LogP contribution in [0.5, 0.6) is 0 Å². The van der Waals surface area contributed by atoms with Crippen molar-refractivity contribution in [1.82, 2.24) is 15.1 Å². The zero-order valence-electron chi connectivity index (χ0n) is 11.9. The van der Waals surface area contributed by atoms with Crippen molar-refractivity contribution in [2.24, 2.45) is 0 Å². The summed E-state index contributed by atoms with van der Waals surface area (Å²) in [5, 5.41) is 3.73. The number of rotatable bonds is 4. The van der Waals surface area contributed by atoms with Gasteiger partial charge >= 0.3 is 0 Å². The van der Waals surface area contributed by atoms with Crippen LogP contribution >= 0.6 is 24.0 Å². The lowest BCUT2D eigenvalue weighted by Gasteiger charge is -2.29. The highest BCUT2D eigenvalue weighted by atomic mass is 35.5. The molecule has 4 nitrogen and oxygen atoms in total. The SMILES string of the molecule is CN(CC(=O)N1CCNCC1)Cc1cc(F)ccc1Cl.Cl. The van der Waals surface area contributed by atoms with Gasteiger partial charge < -0.3 is 10.2 Å². The van der Waals surface area contributed by atoms with E-state index in [0.717, 1.165) is 26.2 Å². The van der Waals surface area contributed by atoms with Crippen molar-refractivity contribution < 1.29 is 9.18 Å². The van der Waals surface area contributed by atoms with Gasteiger partial charge in [0.25, 0.3) is 0 Å². The first-order valence-corrected chi connectivity index (χ1v) is 7.05. The van der Waals surface area contributed by atoms with Gasteiger partial charge in [-0.15, -0.1) is 12.4 Å². The summed E-state index contributed by atoms with van der Waals surface area (Å²) in [6.07, 6.45) is 0. The molecule has 0 aromatic heterocycles. The van der Waals surface area contributed by atoms with Crippen LogP contribution in [0.2, 0.25) is 5.02 Å². The third-order valence-corrected chi connectivity index (χ3v) is 3.69. The molecule has 1 heterocycles. The van der Waals surface area contributed by atoms with Gasteiger partial charge in [0.2, 0.25) is 5.91 Å². The minimum Gasteiger partial charge on any atom is -0.339 e. The van der Waals surface area contributed by atoms with E-state index >= 15 is 0 Å². The lowest BCUT2D eigenvalue weighted by molar-refractivity contribution is -0.132. The van der Waals surface area contributed by atoms with E-state index < -0.39 is 0 Å². The van der Waals surface area contributed by atoms with Gasteiger partial charge in [-0.1, -0.05) is 11.6 Å². The van der Waals surface area contributed by atoms with E-state index in [2.05, 4.69) is 5.32 Å². The number of benzene rings is 1. The molecule has 0 atom stereocenters. The molecule has 2 rings (SSSR count). The van der Waals surface area contributed by atoms with Crippen LogP contribution in [0.15, 0.2) is 18.2 Å². The number of hydrogen-bond donors (Lipinski definition) is 1. The Morgan fingerprint density at radius 1 is 1.43 bits per heavy atom. The van der Waals surface area contributed by atoms with Crippen molar-refractivity contribution in [3.05, 3.63) is 34.6 Å². The van der Waals surface area contributed by atoms with Crippen LogP contribution in [-0.2, 0) is 11.3 Å². The topological polar surface area (TPSA) is 35.6 Å². The largest absolute Gasteiger partial charge is 0.339 e. The van der Waals surface area contributed by atoms with E-state index in [1.807, 2.05) is 16.8 Å². The van der Waals surface area contributed by atoms with E-state index in [1.165, 1.54) is 18.2 Å². The second-order valence-electron chi connectivity index (χ2n) is 5.04. The average molecular weight is 336 g/mol. The van der Waals surface area contributed by atoms with Gasteiger partial charge in [-0.25, -0.2) is 4.39 Å². The molecule has 1 aromatic rings. The summed E-state index contributed by atoms with van der Waals surface area (Å²) >= 11 is 6.03. The Labute approximate surface area is 135 Å². The number of amides is 1. The van der Waals surface area contributed by atoms with Gasteiger partial charge in [0.1, 0.15) is 5.82 Å². The maximum absolute atomic E-state index is 13.2. The summed E-state index contributed by atoms with van der Waals surface area (Å²) in [5.74, 6) is -0.215. The quantitative estimate of drug-likeness (QED) is 0.910. The van der Waals surface area contributed by atoms with Crippen molar-refractivity contribution >= 4 is 29.9 Å². The van der Waals surface area contributed by atoms with E-state index in [4.69, 9.17) is 11.6 Å². The predicted octanol–water partition coefficient (Wildman–Crippen LogP) is 1.76. The molecule has 1 aliphatic heterocycles. The molecular weight excluding hydrogens is 316 g/mol. The first-order chi connectivity index (χ1) is 9.56. The van der Waals surface area contributed by atoms with Gasteiger partial charge in [-0.05, 0) is 30.8 Å². The second-order valence-corrected chi connectivity index (χ2v) is 5.45.